The molecule has 1 aromatic heterocycles. The summed E-state index contributed by atoms with van der Waals surface area (Å²) < 4.78 is 5.41. The predicted molar refractivity (Wildman–Crippen MR) is 131 cm³/mol. The summed E-state index contributed by atoms with van der Waals surface area (Å²) in [6.45, 7) is -0.350. The first kappa shape index (κ1) is 23.1. The summed E-state index contributed by atoms with van der Waals surface area (Å²) in [6, 6.07) is 17.8. The van der Waals surface area contributed by atoms with Gasteiger partial charge in [-0.3, -0.25) is 4.79 Å². The molecule has 34 heavy (non-hydrogen) atoms. The second-order valence-corrected chi connectivity index (χ2v) is 7.80. The number of halogens is 2. The first-order chi connectivity index (χ1) is 16.4. The number of hydrogen-bond donors (Lipinski definition) is 4. The maximum Gasteiger partial charge on any atom is 0.323 e. The summed E-state index contributed by atoms with van der Waals surface area (Å²) in [5.41, 5.74) is 1.85. The quantitative estimate of drug-likeness (QED) is 0.226. The number of H-pyrrole nitrogens is 1. The number of fused-ring (bicyclic) bond motifs is 1. The number of para-hydroxylation sites is 1. The Morgan fingerprint density at radius 3 is 2.41 bits per heavy atom. The van der Waals surface area contributed by atoms with E-state index in [2.05, 4.69) is 25.8 Å². The Balaban J connectivity index is 1.29. The van der Waals surface area contributed by atoms with Crippen molar-refractivity contribution >= 4 is 63.1 Å². The Labute approximate surface area is 203 Å². The van der Waals surface area contributed by atoms with Gasteiger partial charge in [0, 0.05) is 16.8 Å². The second kappa shape index (κ2) is 10.2. The molecule has 0 aliphatic heterocycles. The molecular weight excluding hydrogens is 481 g/mol. The van der Waals surface area contributed by atoms with Crippen LogP contribution in [0.3, 0.4) is 0 Å². The number of nitrogens with one attached hydrogen (secondary N) is 3. The fourth-order valence-electron chi connectivity index (χ4n) is 3.00. The zero-order valence-corrected chi connectivity index (χ0v) is 18.9. The van der Waals surface area contributed by atoms with Gasteiger partial charge in [-0.1, -0.05) is 41.4 Å². The molecule has 0 radical (unpaired) electrons. The Morgan fingerprint density at radius 2 is 1.65 bits per heavy atom. The third-order valence-corrected chi connectivity index (χ3v) is 5.31. The monoisotopic (exact) mass is 497 g/mol. The third kappa shape index (κ3) is 5.64. The van der Waals surface area contributed by atoms with E-state index in [4.69, 9.17) is 27.9 Å². The van der Waals surface area contributed by atoms with Gasteiger partial charge < -0.3 is 25.5 Å². The molecule has 0 saturated heterocycles. The number of azo groups is 1. The van der Waals surface area contributed by atoms with Crippen LogP contribution in [0.15, 0.2) is 77.0 Å². The summed E-state index contributed by atoms with van der Waals surface area (Å²) >= 11 is 11.8. The fourth-order valence-corrected chi connectivity index (χ4v) is 3.29. The van der Waals surface area contributed by atoms with Crippen molar-refractivity contribution < 1.29 is 19.4 Å². The van der Waals surface area contributed by atoms with Crippen LogP contribution in [0, 0.1) is 0 Å². The van der Waals surface area contributed by atoms with Crippen molar-refractivity contribution in [3.05, 3.63) is 76.8 Å². The predicted octanol–water partition coefficient (Wildman–Crippen LogP) is 6.51. The highest BCUT2D eigenvalue weighted by Gasteiger charge is 2.11. The van der Waals surface area contributed by atoms with Crippen LogP contribution in [0.4, 0.5) is 21.9 Å². The zero-order chi connectivity index (χ0) is 24.1. The molecular formula is C23H17Cl2N5O4. The minimum atomic E-state index is -0.632. The molecule has 1 heterocycles. The summed E-state index contributed by atoms with van der Waals surface area (Å²) in [5.74, 6) is -0.410. The van der Waals surface area contributed by atoms with Gasteiger partial charge in [-0.15, -0.1) is 10.2 Å². The number of amides is 3. The van der Waals surface area contributed by atoms with E-state index < -0.39 is 11.9 Å². The Morgan fingerprint density at radius 1 is 0.941 bits per heavy atom. The van der Waals surface area contributed by atoms with Crippen LogP contribution in [0.2, 0.25) is 10.0 Å². The number of anilines is 2. The summed E-state index contributed by atoms with van der Waals surface area (Å²) in [6.07, 6.45) is 0. The zero-order valence-electron chi connectivity index (χ0n) is 17.4. The lowest BCUT2D eigenvalue weighted by molar-refractivity contribution is -0.120. The average Bonchev–Trinajstić information content (AvgIpc) is 3.14. The minimum absolute atomic E-state index is 0.176. The van der Waals surface area contributed by atoms with E-state index in [1.54, 1.807) is 60.7 Å². The van der Waals surface area contributed by atoms with Crippen LogP contribution in [0.5, 0.6) is 11.6 Å². The molecule has 11 heteroatoms. The Kier molecular flexibility index (Phi) is 6.95. The molecule has 4 N–H and O–H groups in total. The van der Waals surface area contributed by atoms with Gasteiger partial charge in [-0.05, 0) is 48.5 Å². The number of carbonyl (C=O) groups is 2. The van der Waals surface area contributed by atoms with E-state index in [0.29, 0.717) is 38.1 Å². The minimum Gasteiger partial charge on any atom is -0.493 e. The number of aromatic amines is 1. The van der Waals surface area contributed by atoms with Gasteiger partial charge in [0.15, 0.2) is 12.3 Å². The maximum absolute atomic E-state index is 12.1. The molecule has 4 rings (SSSR count). The highest BCUT2D eigenvalue weighted by Crippen LogP contribution is 2.35. The van der Waals surface area contributed by atoms with Crippen molar-refractivity contribution in [3.63, 3.8) is 0 Å². The molecule has 4 aromatic rings. The lowest BCUT2D eigenvalue weighted by Gasteiger charge is -2.09. The van der Waals surface area contributed by atoms with Crippen LogP contribution in [-0.4, -0.2) is 28.6 Å². The van der Waals surface area contributed by atoms with Gasteiger partial charge in [-0.2, -0.15) is 0 Å². The molecule has 0 aliphatic carbocycles. The number of aromatic nitrogens is 1. The van der Waals surface area contributed by atoms with Crippen molar-refractivity contribution in [3.8, 4) is 11.6 Å². The van der Waals surface area contributed by atoms with Gasteiger partial charge in [0.05, 0.1) is 15.6 Å². The van der Waals surface area contributed by atoms with Gasteiger partial charge in [0.25, 0.3) is 0 Å². The number of ether oxygens (including phenoxy) is 1. The molecule has 0 atom stereocenters. The number of urea groups is 1. The smallest absolute Gasteiger partial charge is 0.323 e. The summed E-state index contributed by atoms with van der Waals surface area (Å²) in [7, 11) is 0. The Hall–Kier alpha value is -4.08. The van der Waals surface area contributed by atoms with E-state index in [-0.39, 0.29) is 18.2 Å². The highest BCUT2D eigenvalue weighted by molar-refractivity contribution is 6.42. The maximum atomic E-state index is 12.1. The van der Waals surface area contributed by atoms with E-state index in [0.717, 1.165) is 0 Å². The first-order valence-corrected chi connectivity index (χ1v) is 10.6. The van der Waals surface area contributed by atoms with Gasteiger partial charge in [0.2, 0.25) is 5.88 Å². The molecule has 0 aliphatic rings. The number of rotatable bonds is 6. The second-order valence-electron chi connectivity index (χ2n) is 6.98. The summed E-state index contributed by atoms with van der Waals surface area (Å²) in [5, 5.41) is 24.1. The molecule has 3 amide bonds. The van der Waals surface area contributed by atoms with E-state index in [1.165, 1.54) is 6.07 Å². The lowest BCUT2D eigenvalue weighted by atomic mass is 10.2. The number of carbonyl (C=O) groups excluding carboxylic acids is 2. The molecule has 0 bridgehead atoms. The van der Waals surface area contributed by atoms with Crippen molar-refractivity contribution in [1.82, 2.24) is 4.98 Å². The van der Waals surface area contributed by atoms with E-state index >= 15 is 0 Å². The molecule has 9 nitrogen and oxygen atoms in total. The molecule has 0 saturated carbocycles. The molecule has 172 valence electrons. The normalized spacial score (nSPS) is 11.0. The highest BCUT2D eigenvalue weighted by atomic mass is 35.5. The van der Waals surface area contributed by atoms with Crippen molar-refractivity contribution in [2.45, 2.75) is 0 Å². The average molecular weight is 498 g/mol. The van der Waals surface area contributed by atoms with Crippen molar-refractivity contribution in [2.75, 3.05) is 17.2 Å². The summed E-state index contributed by atoms with van der Waals surface area (Å²) in [4.78, 5) is 26.9. The van der Waals surface area contributed by atoms with Crippen molar-refractivity contribution in [1.29, 1.82) is 0 Å². The third-order valence-electron chi connectivity index (χ3n) is 4.57. The van der Waals surface area contributed by atoms with Gasteiger partial charge >= 0.3 is 11.9 Å². The number of aromatic hydroxyl groups is 1. The molecule has 3 aromatic carbocycles. The Bertz CT molecular complexity index is 1390. The number of benzene rings is 3. The number of nitrogens with zero attached hydrogens (tertiary/aromatic N) is 2. The van der Waals surface area contributed by atoms with Crippen LogP contribution in [-0.2, 0) is 4.79 Å². The standard InChI is InChI=1S/C23H17Cl2N5O4/c24-17-10-7-14(11-18(17)25)27-23(33)26-13-5-8-15(9-6-13)34-12-20(31)29-30-21-16-3-1-2-4-19(16)28-22(21)32/h1-11,28,32H,12H2,(H2,26,27,33). The van der Waals surface area contributed by atoms with E-state index in [9.17, 15) is 14.7 Å². The molecule has 0 unspecified atom stereocenters. The van der Waals surface area contributed by atoms with Crippen LogP contribution in [0.25, 0.3) is 10.9 Å². The van der Waals surface area contributed by atoms with Crippen LogP contribution in [0.1, 0.15) is 0 Å². The number of hydrogen-bond acceptors (Lipinski definition) is 5. The largest absolute Gasteiger partial charge is 0.493 e. The van der Waals surface area contributed by atoms with Gasteiger partial charge in [0.1, 0.15) is 5.75 Å². The van der Waals surface area contributed by atoms with Crippen LogP contribution >= 0.6 is 23.2 Å². The van der Waals surface area contributed by atoms with Gasteiger partial charge in [-0.25, -0.2) is 4.79 Å². The SMILES string of the molecule is O=C(COc1ccc(NC(=O)Nc2ccc(Cl)c(Cl)c2)cc1)N=Nc1c(O)[nH]c2ccccc12. The van der Waals surface area contributed by atoms with E-state index in [1.807, 2.05) is 0 Å². The topological polar surface area (TPSA) is 128 Å². The molecule has 0 spiro atoms. The molecule has 0 fully saturated rings. The van der Waals surface area contributed by atoms with Crippen LogP contribution < -0.4 is 15.4 Å². The van der Waals surface area contributed by atoms with Crippen molar-refractivity contribution in [2.24, 2.45) is 10.2 Å². The fraction of sp³-hybridized carbons (Fsp3) is 0.0435. The first-order valence-electron chi connectivity index (χ1n) is 9.89. The lowest BCUT2D eigenvalue weighted by Crippen LogP contribution is -2.19.